The highest BCUT2D eigenvalue weighted by molar-refractivity contribution is 6.30. The van der Waals surface area contributed by atoms with Crippen molar-refractivity contribution >= 4 is 22.6 Å². The number of furan rings is 1. The lowest BCUT2D eigenvalue weighted by atomic mass is 9.94. The van der Waals surface area contributed by atoms with E-state index in [1.165, 1.54) is 10.9 Å². The highest BCUT2D eigenvalue weighted by atomic mass is 35.5. The van der Waals surface area contributed by atoms with E-state index >= 15 is 0 Å². The molecule has 2 heterocycles. The van der Waals surface area contributed by atoms with Crippen molar-refractivity contribution < 1.29 is 4.42 Å². The Kier molecular flexibility index (Phi) is 4.11. The molecule has 3 aromatic rings. The third kappa shape index (κ3) is 3.29. The van der Waals surface area contributed by atoms with E-state index in [1.807, 2.05) is 18.2 Å². The lowest BCUT2D eigenvalue weighted by Crippen LogP contribution is -2.32. The Hall–Kier alpha value is -1.77. The molecule has 0 amide bonds. The van der Waals surface area contributed by atoms with Crippen LogP contribution < -0.4 is 0 Å². The van der Waals surface area contributed by atoms with Crippen LogP contribution in [0.3, 0.4) is 0 Å². The monoisotopic (exact) mass is 325 g/mol. The van der Waals surface area contributed by atoms with Crippen LogP contribution in [0.2, 0.25) is 5.02 Å². The Labute approximate surface area is 141 Å². The first-order valence-corrected chi connectivity index (χ1v) is 8.61. The second-order valence-electron chi connectivity index (χ2n) is 6.36. The van der Waals surface area contributed by atoms with Crippen LogP contribution in [0, 0.1) is 0 Å². The average molecular weight is 326 g/mol. The first-order valence-electron chi connectivity index (χ1n) is 8.23. The molecule has 1 saturated heterocycles. The molecule has 4 rings (SSSR count). The highest BCUT2D eigenvalue weighted by Gasteiger charge is 2.23. The van der Waals surface area contributed by atoms with Gasteiger partial charge in [0.1, 0.15) is 11.3 Å². The van der Waals surface area contributed by atoms with Crippen molar-refractivity contribution in [2.24, 2.45) is 0 Å². The summed E-state index contributed by atoms with van der Waals surface area (Å²) < 4.78 is 6.04. The lowest BCUT2D eigenvalue weighted by Gasteiger charge is -2.31. The van der Waals surface area contributed by atoms with Gasteiger partial charge in [0.25, 0.3) is 0 Å². The van der Waals surface area contributed by atoms with Gasteiger partial charge in [0.2, 0.25) is 0 Å². The summed E-state index contributed by atoms with van der Waals surface area (Å²) in [5.41, 5.74) is 2.34. The zero-order valence-electron chi connectivity index (χ0n) is 13.0. The van der Waals surface area contributed by atoms with Crippen molar-refractivity contribution in [1.82, 2.24) is 4.90 Å². The van der Waals surface area contributed by atoms with Gasteiger partial charge in [0.15, 0.2) is 0 Å². The smallest absolute Gasteiger partial charge is 0.134 e. The third-order valence-corrected chi connectivity index (χ3v) is 5.01. The Bertz CT molecular complexity index is 752. The molecule has 1 aliphatic heterocycles. The number of likely N-dealkylation sites (tertiary alicyclic amines) is 1. The third-order valence-electron chi connectivity index (χ3n) is 4.75. The molecule has 0 spiro atoms. The molecule has 0 unspecified atom stereocenters. The van der Waals surface area contributed by atoms with Gasteiger partial charge in [-0.15, -0.1) is 0 Å². The van der Waals surface area contributed by atoms with E-state index in [-0.39, 0.29) is 0 Å². The highest BCUT2D eigenvalue weighted by Crippen LogP contribution is 2.32. The second kappa shape index (κ2) is 6.38. The Morgan fingerprint density at radius 1 is 1.00 bits per heavy atom. The summed E-state index contributed by atoms with van der Waals surface area (Å²) >= 11 is 5.95. The molecule has 118 valence electrons. The number of halogens is 1. The summed E-state index contributed by atoms with van der Waals surface area (Å²) in [4.78, 5) is 2.52. The molecule has 23 heavy (non-hydrogen) atoms. The van der Waals surface area contributed by atoms with Gasteiger partial charge >= 0.3 is 0 Å². The van der Waals surface area contributed by atoms with E-state index in [0.717, 1.165) is 48.8 Å². The zero-order chi connectivity index (χ0) is 15.6. The van der Waals surface area contributed by atoms with Gasteiger partial charge < -0.3 is 4.42 Å². The molecule has 2 nitrogen and oxygen atoms in total. The summed E-state index contributed by atoms with van der Waals surface area (Å²) in [6.07, 6.45) is 2.32. The number of rotatable bonds is 3. The fourth-order valence-corrected chi connectivity index (χ4v) is 3.55. The van der Waals surface area contributed by atoms with E-state index < -0.39 is 0 Å². The topological polar surface area (TPSA) is 16.4 Å². The Morgan fingerprint density at radius 2 is 1.74 bits per heavy atom. The van der Waals surface area contributed by atoms with Gasteiger partial charge in [-0.05, 0) is 55.8 Å². The molecule has 0 aliphatic carbocycles. The fraction of sp³-hybridized carbons (Fsp3) is 0.300. The van der Waals surface area contributed by atoms with Crippen LogP contribution >= 0.6 is 11.6 Å². The van der Waals surface area contributed by atoms with E-state index in [1.54, 1.807) is 0 Å². The van der Waals surface area contributed by atoms with Crippen molar-refractivity contribution in [3.8, 4) is 0 Å². The minimum atomic E-state index is 0.545. The van der Waals surface area contributed by atoms with Crippen LogP contribution in [0.1, 0.15) is 30.1 Å². The van der Waals surface area contributed by atoms with Gasteiger partial charge in [-0.2, -0.15) is 0 Å². The molecular formula is C20H20ClNO. The van der Waals surface area contributed by atoms with Gasteiger partial charge in [-0.1, -0.05) is 41.9 Å². The first kappa shape index (κ1) is 14.8. The summed E-state index contributed by atoms with van der Waals surface area (Å²) in [5, 5.41) is 2.02. The van der Waals surface area contributed by atoms with Crippen molar-refractivity contribution in [2.75, 3.05) is 13.1 Å². The van der Waals surface area contributed by atoms with Crippen LogP contribution in [0.4, 0.5) is 0 Å². The molecule has 1 fully saturated rings. The fourth-order valence-electron chi connectivity index (χ4n) is 3.43. The number of para-hydroxylation sites is 1. The van der Waals surface area contributed by atoms with Crippen LogP contribution in [0.5, 0.6) is 0 Å². The molecule has 3 heteroatoms. The molecule has 0 saturated carbocycles. The molecule has 2 aromatic carbocycles. The van der Waals surface area contributed by atoms with Crippen molar-refractivity contribution in [3.63, 3.8) is 0 Å². The number of hydrogen-bond acceptors (Lipinski definition) is 2. The summed E-state index contributed by atoms with van der Waals surface area (Å²) in [7, 11) is 0. The molecule has 0 bridgehead atoms. The van der Waals surface area contributed by atoms with E-state index in [2.05, 4.69) is 41.3 Å². The largest absolute Gasteiger partial charge is 0.461 e. The number of benzene rings is 2. The van der Waals surface area contributed by atoms with Gasteiger partial charge in [-0.3, -0.25) is 4.90 Å². The minimum absolute atomic E-state index is 0.545. The molecule has 0 N–H and O–H groups in total. The average Bonchev–Trinajstić information content (AvgIpc) is 3.02. The van der Waals surface area contributed by atoms with Crippen LogP contribution in [-0.2, 0) is 6.54 Å². The van der Waals surface area contributed by atoms with Gasteiger partial charge in [0.05, 0.1) is 0 Å². The van der Waals surface area contributed by atoms with Crippen molar-refractivity contribution in [1.29, 1.82) is 0 Å². The Morgan fingerprint density at radius 3 is 2.48 bits per heavy atom. The van der Waals surface area contributed by atoms with Gasteiger partial charge in [-0.25, -0.2) is 0 Å². The molecule has 0 radical (unpaired) electrons. The van der Waals surface area contributed by atoms with E-state index in [0.29, 0.717) is 5.92 Å². The lowest BCUT2D eigenvalue weighted by molar-refractivity contribution is 0.196. The Balaban J connectivity index is 1.39. The predicted molar refractivity (Wildman–Crippen MR) is 94.9 cm³/mol. The standard InChI is InChI=1S/C20H20ClNO/c21-18-7-5-15(6-8-18)14-22-11-9-16(10-12-22)20-13-17-3-1-2-4-19(17)23-20/h1-8,13,16H,9-12,14H2. The van der Waals surface area contributed by atoms with Crippen molar-refractivity contribution in [3.05, 3.63) is 70.9 Å². The van der Waals surface area contributed by atoms with E-state index in [4.69, 9.17) is 16.0 Å². The number of fused-ring (bicyclic) bond motifs is 1. The molecule has 1 aliphatic rings. The van der Waals surface area contributed by atoms with Crippen LogP contribution in [-0.4, -0.2) is 18.0 Å². The first-order chi connectivity index (χ1) is 11.3. The second-order valence-corrected chi connectivity index (χ2v) is 6.80. The summed E-state index contributed by atoms with van der Waals surface area (Å²) in [6.45, 7) is 3.23. The van der Waals surface area contributed by atoms with Gasteiger partial charge in [0, 0.05) is 22.9 Å². The predicted octanol–water partition coefficient (Wildman–Crippen LogP) is 5.47. The molecular weight excluding hydrogens is 306 g/mol. The maximum absolute atomic E-state index is 6.04. The van der Waals surface area contributed by atoms with Crippen LogP contribution in [0.15, 0.2) is 59.0 Å². The quantitative estimate of drug-likeness (QED) is 0.635. The number of nitrogens with zero attached hydrogens (tertiary/aromatic N) is 1. The molecule has 0 atom stereocenters. The maximum atomic E-state index is 6.04. The van der Waals surface area contributed by atoms with Crippen LogP contribution in [0.25, 0.3) is 11.0 Å². The van der Waals surface area contributed by atoms with Crippen molar-refractivity contribution in [2.45, 2.75) is 25.3 Å². The maximum Gasteiger partial charge on any atom is 0.134 e. The number of piperidine rings is 1. The zero-order valence-corrected chi connectivity index (χ0v) is 13.8. The number of hydrogen-bond donors (Lipinski definition) is 0. The summed E-state index contributed by atoms with van der Waals surface area (Å²) in [5.74, 6) is 1.70. The van der Waals surface area contributed by atoms with E-state index in [9.17, 15) is 0 Å². The minimum Gasteiger partial charge on any atom is -0.461 e. The normalized spacial score (nSPS) is 16.9. The summed E-state index contributed by atoms with van der Waals surface area (Å²) in [6, 6.07) is 18.7. The SMILES string of the molecule is Clc1ccc(CN2CCC(c3cc4ccccc4o3)CC2)cc1. The molecule has 1 aromatic heterocycles.